The summed E-state index contributed by atoms with van der Waals surface area (Å²) < 4.78 is 62.4. The molecule has 1 aliphatic rings. The number of rotatable bonds is 7. The molecule has 2 atom stereocenters. The Bertz CT molecular complexity index is 1260. The molecule has 0 aliphatic carbocycles. The highest BCUT2D eigenvalue weighted by atomic mass is 19.3. The Morgan fingerprint density at radius 1 is 1.19 bits per heavy atom. The van der Waals surface area contributed by atoms with E-state index in [0.717, 1.165) is 12.1 Å². The molecule has 1 aliphatic heterocycles. The summed E-state index contributed by atoms with van der Waals surface area (Å²) in [6, 6.07) is 8.83. The average molecular weight is 504 g/mol. The minimum Gasteiger partial charge on any atom is -0.453 e. The standard InChI is InChI=1S/C25H25F4N5O2/c1-24(23(31)35,22-5-3-18(13-33-22)36-21-4-2-16(26)11-20(21)27)34-9-7-25(28,29)19(14-34)15-6-8-32-17(10-15)12-30/h2-6,8,10-11,13,19H,7,9,12,14,30H2,1H3,(H2,31,35)/t19-,24?/m1/s1. The van der Waals surface area contributed by atoms with Crippen LogP contribution in [0.1, 0.15) is 36.2 Å². The molecule has 1 saturated heterocycles. The Kier molecular flexibility index (Phi) is 6.96. The van der Waals surface area contributed by atoms with Crippen LogP contribution in [0.5, 0.6) is 11.5 Å². The molecule has 4 rings (SSSR count). The minimum atomic E-state index is -3.02. The molecule has 11 heteroatoms. The fraction of sp³-hybridized carbons (Fsp3) is 0.320. The first-order valence-electron chi connectivity index (χ1n) is 11.2. The van der Waals surface area contributed by atoms with Crippen molar-refractivity contribution in [2.24, 2.45) is 11.5 Å². The fourth-order valence-electron chi connectivity index (χ4n) is 4.34. The third-order valence-corrected chi connectivity index (χ3v) is 6.55. The predicted octanol–water partition coefficient (Wildman–Crippen LogP) is 3.83. The molecule has 1 aromatic carbocycles. The zero-order chi connectivity index (χ0) is 26.1. The summed E-state index contributed by atoms with van der Waals surface area (Å²) in [7, 11) is 0. The van der Waals surface area contributed by atoms with Gasteiger partial charge in [-0.15, -0.1) is 0 Å². The van der Waals surface area contributed by atoms with Gasteiger partial charge in [0.05, 0.1) is 23.5 Å². The number of hydrogen-bond donors (Lipinski definition) is 2. The molecule has 4 N–H and O–H groups in total. The van der Waals surface area contributed by atoms with Gasteiger partial charge in [-0.1, -0.05) is 0 Å². The summed E-state index contributed by atoms with van der Waals surface area (Å²) in [5.74, 6) is -6.73. The number of pyridine rings is 2. The lowest BCUT2D eigenvalue weighted by molar-refractivity contribution is -0.139. The summed E-state index contributed by atoms with van der Waals surface area (Å²) in [5, 5.41) is 0. The normalized spacial score (nSPS) is 19.4. The van der Waals surface area contributed by atoms with Crippen LogP contribution in [-0.4, -0.2) is 39.8 Å². The quantitative estimate of drug-likeness (QED) is 0.475. The van der Waals surface area contributed by atoms with E-state index in [-0.39, 0.29) is 36.8 Å². The summed E-state index contributed by atoms with van der Waals surface area (Å²) in [4.78, 5) is 22.6. The number of halogens is 4. The third kappa shape index (κ3) is 4.89. The van der Waals surface area contributed by atoms with Gasteiger partial charge < -0.3 is 16.2 Å². The van der Waals surface area contributed by atoms with Crippen LogP contribution in [0.3, 0.4) is 0 Å². The average Bonchev–Trinajstić information content (AvgIpc) is 2.85. The van der Waals surface area contributed by atoms with Gasteiger partial charge in [0.1, 0.15) is 17.1 Å². The smallest absolute Gasteiger partial charge is 0.257 e. The molecule has 1 fully saturated rings. The van der Waals surface area contributed by atoms with E-state index in [1.54, 1.807) is 11.0 Å². The molecule has 2 aromatic heterocycles. The highest BCUT2D eigenvalue weighted by Gasteiger charge is 2.51. The molecule has 0 radical (unpaired) electrons. The van der Waals surface area contributed by atoms with Crippen molar-refractivity contribution in [3.63, 3.8) is 0 Å². The number of benzene rings is 1. The third-order valence-electron chi connectivity index (χ3n) is 6.55. The number of aromatic nitrogens is 2. The van der Waals surface area contributed by atoms with E-state index in [4.69, 9.17) is 16.2 Å². The second-order valence-electron chi connectivity index (χ2n) is 8.79. The molecule has 36 heavy (non-hydrogen) atoms. The molecular formula is C25H25F4N5O2. The Morgan fingerprint density at radius 3 is 2.61 bits per heavy atom. The van der Waals surface area contributed by atoms with Crippen LogP contribution in [0.15, 0.2) is 54.9 Å². The molecule has 1 amide bonds. The van der Waals surface area contributed by atoms with E-state index < -0.39 is 41.3 Å². The monoisotopic (exact) mass is 503 g/mol. The minimum absolute atomic E-state index is 0.0987. The van der Waals surface area contributed by atoms with E-state index >= 15 is 0 Å². The van der Waals surface area contributed by atoms with Gasteiger partial charge in [0.25, 0.3) is 5.92 Å². The maximum atomic E-state index is 15.0. The number of carbonyl (C=O) groups is 1. The maximum Gasteiger partial charge on any atom is 0.257 e. The van der Waals surface area contributed by atoms with E-state index in [2.05, 4.69) is 9.97 Å². The zero-order valence-corrected chi connectivity index (χ0v) is 19.4. The van der Waals surface area contributed by atoms with Gasteiger partial charge in [-0.3, -0.25) is 19.7 Å². The lowest BCUT2D eigenvalue weighted by Gasteiger charge is -2.46. The van der Waals surface area contributed by atoms with Crippen LogP contribution in [-0.2, 0) is 16.9 Å². The van der Waals surface area contributed by atoms with Crippen molar-refractivity contribution in [3.05, 3.63) is 83.4 Å². The van der Waals surface area contributed by atoms with Gasteiger partial charge in [0.15, 0.2) is 11.6 Å². The second kappa shape index (κ2) is 9.82. The predicted molar refractivity (Wildman–Crippen MR) is 123 cm³/mol. The zero-order valence-electron chi connectivity index (χ0n) is 19.4. The number of nitrogens with two attached hydrogens (primary N) is 2. The molecule has 1 unspecified atom stereocenters. The molecule has 7 nitrogen and oxygen atoms in total. The van der Waals surface area contributed by atoms with Gasteiger partial charge in [-0.2, -0.15) is 0 Å². The number of carbonyl (C=O) groups excluding carboxylic acids is 1. The van der Waals surface area contributed by atoms with E-state index in [0.29, 0.717) is 17.3 Å². The summed E-state index contributed by atoms with van der Waals surface area (Å²) in [6.07, 6.45) is 2.20. The van der Waals surface area contributed by atoms with Gasteiger partial charge in [-0.25, -0.2) is 17.6 Å². The van der Waals surface area contributed by atoms with Crippen LogP contribution in [0, 0.1) is 11.6 Å². The molecule has 0 spiro atoms. The number of nitrogens with zero attached hydrogens (tertiary/aromatic N) is 3. The number of alkyl halides is 2. The highest BCUT2D eigenvalue weighted by molar-refractivity contribution is 5.85. The number of hydrogen-bond acceptors (Lipinski definition) is 6. The lowest BCUT2D eigenvalue weighted by Crippen LogP contribution is -2.59. The number of primary amides is 1. The largest absolute Gasteiger partial charge is 0.453 e. The molecule has 0 bridgehead atoms. The molecule has 190 valence electrons. The summed E-state index contributed by atoms with van der Waals surface area (Å²) in [6.45, 7) is 1.37. The number of likely N-dealkylation sites (tertiary alicyclic amines) is 1. The van der Waals surface area contributed by atoms with Crippen molar-refractivity contribution < 1.29 is 27.1 Å². The van der Waals surface area contributed by atoms with Crippen LogP contribution < -0.4 is 16.2 Å². The van der Waals surface area contributed by atoms with Crippen molar-refractivity contribution in [2.75, 3.05) is 13.1 Å². The number of ether oxygens (including phenoxy) is 1. The fourth-order valence-corrected chi connectivity index (χ4v) is 4.34. The lowest BCUT2D eigenvalue weighted by atomic mass is 9.83. The molecule has 3 heterocycles. The van der Waals surface area contributed by atoms with Crippen molar-refractivity contribution >= 4 is 5.91 Å². The second-order valence-corrected chi connectivity index (χ2v) is 8.79. The molecule has 3 aromatic rings. The molecular weight excluding hydrogens is 478 g/mol. The Morgan fingerprint density at radius 2 is 1.97 bits per heavy atom. The Labute approximate surface area is 205 Å². The van der Waals surface area contributed by atoms with Crippen molar-refractivity contribution in [1.29, 1.82) is 0 Å². The van der Waals surface area contributed by atoms with Crippen LogP contribution in [0.25, 0.3) is 0 Å². The van der Waals surface area contributed by atoms with Gasteiger partial charge in [0, 0.05) is 38.3 Å². The Hall–Kier alpha value is -3.57. The van der Waals surface area contributed by atoms with Crippen LogP contribution >= 0.6 is 0 Å². The van der Waals surface area contributed by atoms with Crippen molar-refractivity contribution in [1.82, 2.24) is 14.9 Å². The van der Waals surface area contributed by atoms with Gasteiger partial charge >= 0.3 is 0 Å². The SMILES string of the molecule is CC(C(N)=O)(c1ccc(Oc2ccc(F)cc2F)cn1)N1CCC(F)(F)[C@@H](c2ccnc(CN)c2)C1. The highest BCUT2D eigenvalue weighted by Crippen LogP contribution is 2.44. The number of amides is 1. The van der Waals surface area contributed by atoms with Gasteiger partial charge in [0.2, 0.25) is 5.91 Å². The van der Waals surface area contributed by atoms with Crippen molar-refractivity contribution in [2.45, 2.75) is 37.3 Å². The van der Waals surface area contributed by atoms with E-state index in [1.165, 1.54) is 37.5 Å². The molecule has 0 saturated carbocycles. The van der Waals surface area contributed by atoms with Crippen molar-refractivity contribution in [3.8, 4) is 11.5 Å². The first-order chi connectivity index (χ1) is 17.0. The first-order valence-corrected chi connectivity index (χ1v) is 11.2. The van der Waals surface area contributed by atoms with Gasteiger partial charge in [-0.05, 0) is 48.9 Å². The summed E-state index contributed by atoms with van der Waals surface area (Å²) in [5.41, 5.74) is 10.9. The summed E-state index contributed by atoms with van der Waals surface area (Å²) >= 11 is 0. The van der Waals surface area contributed by atoms with Crippen LogP contribution in [0.4, 0.5) is 17.6 Å². The number of piperidine rings is 1. The van der Waals surface area contributed by atoms with E-state index in [9.17, 15) is 22.4 Å². The Balaban J connectivity index is 1.62. The topological polar surface area (TPSA) is 107 Å². The van der Waals surface area contributed by atoms with Crippen LogP contribution in [0.2, 0.25) is 0 Å². The van der Waals surface area contributed by atoms with E-state index in [1.807, 2.05) is 0 Å². The first kappa shape index (κ1) is 25.5. The maximum absolute atomic E-state index is 15.0.